The molecule has 1 amide bonds. The van der Waals surface area contributed by atoms with Gasteiger partial charge in [0.25, 0.3) is 5.91 Å². The minimum absolute atomic E-state index is 0.170. The van der Waals surface area contributed by atoms with Crippen LogP contribution in [-0.4, -0.2) is 26.6 Å². The lowest BCUT2D eigenvalue weighted by molar-refractivity contribution is -0.885. The molecule has 2 aromatic rings. The van der Waals surface area contributed by atoms with Gasteiger partial charge in [-0.15, -0.1) is 0 Å². The molecule has 0 radical (unpaired) electrons. The molecular weight excluding hydrogens is 309 g/mol. The van der Waals surface area contributed by atoms with E-state index in [1.165, 1.54) is 13.2 Å². The molecule has 1 atom stereocenters. The van der Waals surface area contributed by atoms with Crippen molar-refractivity contribution in [2.24, 2.45) is 0 Å². The van der Waals surface area contributed by atoms with Gasteiger partial charge in [-0.25, -0.2) is 4.39 Å². The van der Waals surface area contributed by atoms with Crippen LogP contribution in [0.4, 0.5) is 10.1 Å². The molecule has 0 aliphatic heterocycles. The Morgan fingerprint density at radius 1 is 1.33 bits per heavy atom. The van der Waals surface area contributed by atoms with Gasteiger partial charge in [-0.2, -0.15) is 5.26 Å². The van der Waals surface area contributed by atoms with Gasteiger partial charge in [0.05, 0.1) is 25.8 Å². The van der Waals surface area contributed by atoms with Gasteiger partial charge in [0.2, 0.25) is 0 Å². The van der Waals surface area contributed by atoms with E-state index < -0.39 is 5.82 Å². The van der Waals surface area contributed by atoms with E-state index in [1.807, 2.05) is 13.1 Å². The van der Waals surface area contributed by atoms with Crippen molar-refractivity contribution in [2.75, 3.05) is 26.0 Å². The number of quaternary nitrogens is 1. The zero-order chi connectivity index (χ0) is 17.5. The molecule has 24 heavy (non-hydrogen) atoms. The maximum Gasteiger partial charge on any atom is 0.279 e. The largest absolute Gasteiger partial charge is 0.494 e. The van der Waals surface area contributed by atoms with Crippen LogP contribution in [0.2, 0.25) is 0 Å². The van der Waals surface area contributed by atoms with Crippen molar-refractivity contribution in [2.45, 2.75) is 6.54 Å². The second kappa shape index (κ2) is 8.09. The molecular formula is C18H19FN3O2+. The summed E-state index contributed by atoms with van der Waals surface area (Å²) in [4.78, 5) is 13.0. The minimum Gasteiger partial charge on any atom is -0.494 e. The Hall–Kier alpha value is -2.91. The Bertz CT molecular complexity index is 771. The smallest absolute Gasteiger partial charge is 0.279 e. The van der Waals surface area contributed by atoms with Crippen LogP contribution in [0.15, 0.2) is 42.5 Å². The number of nitriles is 1. The van der Waals surface area contributed by atoms with Gasteiger partial charge in [-0.3, -0.25) is 4.79 Å². The van der Waals surface area contributed by atoms with Crippen LogP contribution in [0.1, 0.15) is 11.1 Å². The van der Waals surface area contributed by atoms with Crippen LogP contribution in [0.3, 0.4) is 0 Å². The van der Waals surface area contributed by atoms with Gasteiger partial charge >= 0.3 is 0 Å². The molecule has 2 aromatic carbocycles. The van der Waals surface area contributed by atoms with Crippen LogP contribution >= 0.6 is 0 Å². The highest BCUT2D eigenvalue weighted by Crippen LogP contribution is 2.17. The number of hydrogen-bond acceptors (Lipinski definition) is 3. The van der Waals surface area contributed by atoms with Gasteiger partial charge in [-0.05, 0) is 36.4 Å². The van der Waals surface area contributed by atoms with Gasteiger partial charge in [0.1, 0.15) is 6.54 Å². The van der Waals surface area contributed by atoms with Crippen LogP contribution < -0.4 is 15.0 Å². The van der Waals surface area contributed by atoms with E-state index in [9.17, 15) is 9.18 Å². The number of halogens is 1. The lowest BCUT2D eigenvalue weighted by atomic mass is 10.2. The lowest BCUT2D eigenvalue weighted by Crippen LogP contribution is -3.08. The van der Waals surface area contributed by atoms with Crippen molar-refractivity contribution in [1.29, 1.82) is 5.26 Å². The molecule has 2 N–H and O–H groups in total. The molecule has 124 valence electrons. The summed E-state index contributed by atoms with van der Waals surface area (Å²) in [6.45, 7) is 0.733. The van der Waals surface area contributed by atoms with Crippen LogP contribution in [0.5, 0.6) is 5.75 Å². The molecule has 2 rings (SSSR count). The second-order valence-corrected chi connectivity index (χ2v) is 5.52. The Labute approximate surface area is 140 Å². The molecule has 0 saturated heterocycles. The number of carbonyl (C=O) groups excluding carboxylic acids is 1. The topological polar surface area (TPSA) is 66.6 Å². The summed E-state index contributed by atoms with van der Waals surface area (Å²) in [6.07, 6.45) is 0. The highest BCUT2D eigenvalue weighted by atomic mass is 19.1. The Balaban J connectivity index is 1.91. The monoisotopic (exact) mass is 328 g/mol. The maximum absolute atomic E-state index is 13.7. The van der Waals surface area contributed by atoms with Crippen molar-refractivity contribution in [3.05, 3.63) is 59.4 Å². The molecule has 5 nitrogen and oxygen atoms in total. The van der Waals surface area contributed by atoms with Crippen molar-refractivity contribution in [3.8, 4) is 11.8 Å². The van der Waals surface area contributed by atoms with Crippen molar-refractivity contribution >= 4 is 11.6 Å². The number of amides is 1. The fourth-order valence-corrected chi connectivity index (χ4v) is 2.38. The standard InChI is InChI=1S/C18H18FN3O2/c1-22(11-14-6-7-17(24-2)16(19)9-14)12-18(23)21-15-5-3-4-13(8-15)10-20/h3-9H,11-12H2,1-2H3,(H,21,23)/p+1. The van der Waals surface area contributed by atoms with Gasteiger partial charge < -0.3 is 15.0 Å². The normalized spacial score (nSPS) is 11.4. The average Bonchev–Trinajstić information content (AvgIpc) is 2.55. The zero-order valence-electron chi connectivity index (χ0n) is 13.6. The number of nitrogens with one attached hydrogen (secondary N) is 2. The molecule has 0 spiro atoms. The molecule has 0 bridgehead atoms. The van der Waals surface area contributed by atoms with Crippen LogP contribution in [0.25, 0.3) is 0 Å². The summed E-state index contributed by atoms with van der Waals surface area (Å²) >= 11 is 0. The highest BCUT2D eigenvalue weighted by Gasteiger charge is 2.12. The predicted molar refractivity (Wildman–Crippen MR) is 88.2 cm³/mol. The Kier molecular flexibility index (Phi) is 5.88. The molecule has 0 aliphatic rings. The van der Waals surface area contributed by atoms with Gasteiger partial charge in [-0.1, -0.05) is 6.07 Å². The number of rotatable bonds is 6. The number of ether oxygens (including phenoxy) is 1. The number of methoxy groups -OCH3 is 1. The molecule has 0 aromatic heterocycles. The van der Waals surface area contributed by atoms with Crippen LogP contribution in [0, 0.1) is 17.1 Å². The minimum atomic E-state index is -0.416. The van der Waals surface area contributed by atoms with E-state index in [1.54, 1.807) is 36.4 Å². The first-order valence-corrected chi connectivity index (χ1v) is 7.45. The molecule has 6 heteroatoms. The molecule has 0 fully saturated rings. The summed E-state index contributed by atoms with van der Waals surface area (Å²) in [7, 11) is 3.27. The molecule has 0 saturated carbocycles. The second-order valence-electron chi connectivity index (χ2n) is 5.52. The quantitative estimate of drug-likeness (QED) is 0.841. The molecule has 1 unspecified atom stereocenters. The van der Waals surface area contributed by atoms with E-state index in [4.69, 9.17) is 10.00 Å². The maximum atomic E-state index is 13.7. The van der Waals surface area contributed by atoms with E-state index >= 15 is 0 Å². The van der Waals surface area contributed by atoms with E-state index in [0.717, 1.165) is 10.5 Å². The van der Waals surface area contributed by atoms with Crippen molar-refractivity contribution < 1.29 is 18.8 Å². The summed E-state index contributed by atoms with van der Waals surface area (Å²) in [5, 5.41) is 11.6. The fraction of sp³-hybridized carbons (Fsp3) is 0.222. The number of nitrogens with zero attached hydrogens (tertiary/aromatic N) is 1. The first kappa shape index (κ1) is 17.4. The summed E-state index contributed by atoms with van der Waals surface area (Å²) in [5.41, 5.74) is 1.86. The SMILES string of the molecule is COc1ccc(C[NH+](C)CC(=O)Nc2cccc(C#N)c2)cc1F. The Morgan fingerprint density at radius 2 is 2.12 bits per heavy atom. The number of anilines is 1. The van der Waals surface area contributed by atoms with Crippen molar-refractivity contribution in [3.63, 3.8) is 0 Å². The predicted octanol–water partition coefficient (Wildman–Crippen LogP) is 1.36. The summed E-state index contributed by atoms with van der Waals surface area (Å²) in [6, 6.07) is 13.5. The zero-order valence-corrected chi connectivity index (χ0v) is 13.6. The van der Waals surface area contributed by atoms with Crippen LogP contribution in [-0.2, 0) is 11.3 Å². The summed E-state index contributed by atoms with van der Waals surface area (Å²) < 4.78 is 18.6. The number of likely N-dealkylation sites (N-methyl/N-ethyl adjacent to an activating group) is 1. The fourth-order valence-electron chi connectivity index (χ4n) is 2.38. The number of hydrogen-bond donors (Lipinski definition) is 2. The van der Waals surface area contributed by atoms with Crippen molar-refractivity contribution in [1.82, 2.24) is 0 Å². The van der Waals surface area contributed by atoms with Gasteiger partial charge in [0.15, 0.2) is 18.1 Å². The third-order valence-corrected chi connectivity index (χ3v) is 3.46. The average molecular weight is 328 g/mol. The third kappa shape index (κ3) is 4.80. The molecule has 0 aliphatic carbocycles. The summed E-state index contributed by atoms with van der Waals surface area (Å²) in [5.74, 6) is -0.385. The van der Waals surface area contributed by atoms with E-state index in [0.29, 0.717) is 17.8 Å². The first-order chi connectivity index (χ1) is 11.5. The third-order valence-electron chi connectivity index (χ3n) is 3.46. The van der Waals surface area contributed by atoms with Gasteiger partial charge in [0, 0.05) is 11.3 Å². The number of carbonyl (C=O) groups is 1. The molecule has 0 heterocycles. The Morgan fingerprint density at radius 3 is 2.79 bits per heavy atom. The number of benzene rings is 2. The van der Waals surface area contributed by atoms with E-state index in [2.05, 4.69) is 5.32 Å². The first-order valence-electron chi connectivity index (χ1n) is 7.45. The highest BCUT2D eigenvalue weighted by molar-refractivity contribution is 5.91. The van der Waals surface area contributed by atoms with E-state index in [-0.39, 0.29) is 18.2 Å². The lowest BCUT2D eigenvalue weighted by Gasteiger charge is -2.14.